The third-order valence-electron chi connectivity index (χ3n) is 5.15. The van der Waals surface area contributed by atoms with Crippen molar-refractivity contribution >= 4 is 11.7 Å². The van der Waals surface area contributed by atoms with Crippen LogP contribution in [0, 0.1) is 6.92 Å². The SMILES string of the molecule is Cc1c[nH]c(C(=O)N2CCc3ncnc(NCC4CCCO4)c3CC2)c1. The molecule has 138 valence electrons. The molecule has 0 spiro atoms. The summed E-state index contributed by atoms with van der Waals surface area (Å²) in [7, 11) is 0. The van der Waals surface area contributed by atoms with Crippen LogP contribution in [0.1, 0.15) is 40.2 Å². The molecule has 1 atom stereocenters. The zero-order valence-corrected chi connectivity index (χ0v) is 15.1. The highest BCUT2D eigenvalue weighted by Gasteiger charge is 2.24. The van der Waals surface area contributed by atoms with Crippen molar-refractivity contribution in [1.29, 1.82) is 0 Å². The van der Waals surface area contributed by atoms with Gasteiger partial charge >= 0.3 is 0 Å². The summed E-state index contributed by atoms with van der Waals surface area (Å²) in [6, 6.07) is 1.90. The minimum Gasteiger partial charge on any atom is -0.376 e. The molecular weight excluding hydrogens is 330 g/mol. The summed E-state index contributed by atoms with van der Waals surface area (Å²) in [6.45, 7) is 4.95. The predicted octanol–water partition coefficient (Wildman–Crippen LogP) is 1.95. The van der Waals surface area contributed by atoms with Gasteiger partial charge in [0.05, 0.1) is 11.8 Å². The largest absolute Gasteiger partial charge is 0.376 e. The highest BCUT2D eigenvalue weighted by Crippen LogP contribution is 2.22. The number of nitrogens with one attached hydrogen (secondary N) is 2. The van der Waals surface area contributed by atoms with Gasteiger partial charge in [-0.25, -0.2) is 9.97 Å². The number of hydrogen-bond donors (Lipinski definition) is 2. The van der Waals surface area contributed by atoms with Gasteiger partial charge in [-0.05, 0) is 37.8 Å². The molecule has 0 aromatic carbocycles. The van der Waals surface area contributed by atoms with Crippen molar-refractivity contribution in [2.75, 3.05) is 31.6 Å². The topological polar surface area (TPSA) is 83.1 Å². The molecule has 7 nitrogen and oxygen atoms in total. The molecule has 1 fully saturated rings. The fraction of sp³-hybridized carbons (Fsp3) is 0.526. The van der Waals surface area contributed by atoms with Gasteiger partial charge in [-0.2, -0.15) is 0 Å². The molecule has 2 aliphatic rings. The van der Waals surface area contributed by atoms with E-state index in [4.69, 9.17) is 4.74 Å². The molecule has 7 heteroatoms. The summed E-state index contributed by atoms with van der Waals surface area (Å²) >= 11 is 0. The lowest BCUT2D eigenvalue weighted by atomic mass is 10.1. The number of ether oxygens (including phenoxy) is 1. The highest BCUT2D eigenvalue weighted by atomic mass is 16.5. The monoisotopic (exact) mass is 355 g/mol. The number of amides is 1. The van der Waals surface area contributed by atoms with Crippen LogP contribution in [-0.4, -0.2) is 58.1 Å². The number of aryl methyl sites for hydroxylation is 1. The zero-order chi connectivity index (χ0) is 17.9. The average molecular weight is 355 g/mol. The van der Waals surface area contributed by atoms with Gasteiger partial charge in [0.1, 0.15) is 17.8 Å². The first-order valence-corrected chi connectivity index (χ1v) is 9.33. The van der Waals surface area contributed by atoms with Crippen LogP contribution in [0.4, 0.5) is 5.82 Å². The van der Waals surface area contributed by atoms with Gasteiger partial charge in [-0.3, -0.25) is 4.79 Å². The van der Waals surface area contributed by atoms with Gasteiger partial charge in [0.15, 0.2) is 0 Å². The maximum atomic E-state index is 12.7. The molecule has 1 unspecified atom stereocenters. The van der Waals surface area contributed by atoms with Gasteiger partial charge in [-0.15, -0.1) is 0 Å². The van der Waals surface area contributed by atoms with E-state index in [1.165, 1.54) is 0 Å². The lowest BCUT2D eigenvalue weighted by molar-refractivity contribution is 0.0757. The number of hydrogen-bond acceptors (Lipinski definition) is 5. The Bertz CT molecular complexity index is 782. The number of carbonyl (C=O) groups excluding carboxylic acids is 1. The van der Waals surface area contributed by atoms with Crippen LogP contribution >= 0.6 is 0 Å². The smallest absolute Gasteiger partial charge is 0.270 e. The summed E-state index contributed by atoms with van der Waals surface area (Å²) in [5, 5.41) is 3.44. The molecule has 1 amide bonds. The van der Waals surface area contributed by atoms with Gasteiger partial charge in [0.25, 0.3) is 5.91 Å². The normalized spacial score (nSPS) is 19.9. The van der Waals surface area contributed by atoms with Crippen molar-refractivity contribution in [3.63, 3.8) is 0 Å². The van der Waals surface area contributed by atoms with Crippen molar-refractivity contribution in [3.8, 4) is 0 Å². The third kappa shape index (κ3) is 3.58. The molecule has 0 saturated carbocycles. The number of fused-ring (bicyclic) bond motifs is 1. The summed E-state index contributed by atoms with van der Waals surface area (Å²) < 4.78 is 5.68. The number of carbonyl (C=O) groups is 1. The first-order valence-electron chi connectivity index (χ1n) is 9.33. The van der Waals surface area contributed by atoms with Crippen molar-refractivity contribution < 1.29 is 9.53 Å². The predicted molar refractivity (Wildman–Crippen MR) is 98.3 cm³/mol. The highest BCUT2D eigenvalue weighted by molar-refractivity contribution is 5.92. The molecule has 2 aromatic heterocycles. The van der Waals surface area contributed by atoms with Gasteiger partial charge in [0.2, 0.25) is 0 Å². The Morgan fingerprint density at radius 3 is 3.04 bits per heavy atom. The molecular formula is C19H25N5O2. The first kappa shape index (κ1) is 17.0. The molecule has 2 N–H and O–H groups in total. The lowest BCUT2D eigenvalue weighted by Crippen LogP contribution is -2.33. The second-order valence-corrected chi connectivity index (χ2v) is 7.05. The molecule has 4 rings (SSSR count). The van der Waals surface area contributed by atoms with Crippen LogP contribution in [0.3, 0.4) is 0 Å². The van der Waals surface area contributed by atoms with Crippen molar-refractivity contribution in [2.24, 2.45) is 0 Å². The molecule has 0 radical (unpaired) electrons. The fourth-order valence-electron chi connectivity index (χ4n) is 3.69. The van der Waals surface area contributed by atoms with Crippen molar-refractivity contribution in [1.82, 2.24) is 19.9 Å². The molecule has 0 aliphatic carbocycles. The number of H-pyrrole nitrogens is 1. The number of aromatic amines is 1. The van der Waals surface area contributed by atoms with E-state index >= 15 is 0 Å². The minimum absolute atomic E-state index is 0.0488. The van der Waals surface area contributed by atoms with Gasteiger partial charge in [0, 0.05) is 44.4 Å². The lowest BCUT2D eigenvalue weighted by Gasteiger charge is -2.19. The summed E-state index contributed by atoms with van der Waals surface area (Å²) in [5.74, 6) is 0.934. The molecule has 2 aliphatic heterocycles. The maximum Gasteiger partial charge on any atom is 0.270 e. The number of anilines is 1. The Balaban J connectivity index is 1.45. The average Bonchev–Trinajstić information content (AvgIpc) is 3.27. The zero-order valence-electron chi connectivity index (χ0n) is 15.1. The molecule has 0 bridgehead atoms. The second kappa shape index (κ2) is 7.45. The molecule has 4 heterocycles. The van der Waals surface area contributed by atoms with Crippen LogP contribution < -0.4 is 5.32 Å². The molecule has 2 aromatic rings. The second-order valence-electron chi connectivity index (χ2n) is 7.05. The van der Waals surface area contributed by atoms with Crippen LogP contribution in [0.25, 0.3) is 0 Å². The number of rotatable bonds is 4. The Hall–Kier alpha value is -2.41. The Labute approximate surface area is 153 Å². The Morgan fingerprint density at radius 1 is 1.38 bits per heavy atom. The van der Waals surface area contributed by atoms with E-state index in [9.17, 15) is 4.79 Å². The van der Waals surface area contributed by atoms with E-state index in [1.807, 2.05) is 24.1 Å². The third-order valence-corrected chi connectivity index (χ3v) is 5.15. The minimum atomic E-state index is 0.0488. The van der Waals surface area contributed by atoms with E-state index in [0.29, 0.717) is 18.8 Å². The molecule has 26 heavy (non-hydrogen) atoms. The van der Waals surface area contributed by atoms with E-state index in [-0.39, 0.29) is 12.0 Å². The van der Waals surface area contributed by atoms with E-state index in [0.717, 1.165) is 61.5 Å². The number of aromatic nitrogens is 3. The molecule has 1 saturated heterocycles. The number of nitrogens with zero attached hydrogens (tertiary/aromatic N) is 3. The Morgan fingerprint density at radius 2 is 2.27 bits per heavy atom. The van der Waals surface area contributed by atoms with Gasteiger partial charge in [-0.1, -0.05) is 0 Å². The summed E-state index contributed by atoms with van der Waals surface area (Å²) in [6.07, 6.45) is 7.47. The quantitative estimate of drug-likeness (QED) is 0.876. The van der Waals surface area contributed by atoms with E-state index < -0.39 is 0 Å². The van der Waals surface area contributed by atoms with E-state index in [2.05, 4.69) is 20.3 Å². The van der Waals surface area contributed by atoms with E-state index in [1.54, 1.807) is 6.33 Å². The van der Waals surface area contributed by atoms with Crippen LogP contribution in [0.2, 0.25) is 0 Å². The van der Waals surface area contributed by atoms with Gasteiger partial charge < -0.3 is 19.9 Å². The van der Waals surface area contributed by atoms with Crippen LogP contribution in [-0.2, 0) is 17.6 Å². The van der Waals surface area contributed by atoms with Crippen LogP contribution in [0.5, 0.6) is 0 Å². The standard InChI is InChI=1S/C19H25N5O2/c1-13-9-17(20-10-13)19(25)24-6-4-15-16(5-7-24)22-12-23-18(15)21-11-14-3-2-8-26-14/h9-10,12,14,20H,2-8,11H2,1H3,(H,21,22,23). The van der Waals surface area contributed by atoms with Crippen molar-refractivity contribution in [3.05, 3.63) is 41.1 Å². The summed E-state index contributed by atoms with van der Waals surface area (Å²) in [5.41, 5.74) is 3.88. The van der Waals surface area contributed by atoms with Crippen molar-refractivity contribution in [2.45, 2.75) is 38.7 Å². The fourth-order valence-corrected chi connectivity index (χ4v) is 3.69. The first-order chi connectivity index (χ1) is 12.7. The Kier molecular flexibility index (Phi) is 4.88. The summed E-state index contributed by atoms with van der Waals surface area (Å²) in [4.78, 5) is 26.6. The van der Waals surface area contributed by atoms with Crippen LogP contribution in [0.15, 0.2) is 18.6 Å². The maximum absolute atomic E-state index is 12.7.